The summed E-state index contributed by atoms with van der Waals surface area (Å²) in [6, 6.07) is 13.8. The van der Waals surface area contributed by atoms with Crippen molar-refractivity contribution in [3.63, 3.8) is 0 Å². The molecule has 0 saturated heterocycles. The molecule has 5 heteroatoms. The summed E-state index contributed by atoms with van der Waals surface area (Å²) in [5.41, 5.74) is 4.02. The van der Waals surface area contributed by atoms with Gasteiger partial charge in [-0.2, -0.15) is 0 Å². The number of rotatable bonds is 5. The van der Waals surface area contributed by atoms with Gasteiger partial charge in [0.2, 0.25) is 0 Å². The molecule has 0 saturated carbocycles. The number of carbonyl (C=O) groups is 1. The normalized spacial score (nSPS) is 11.5. The molecular weight excluding hydrogens is 316 g/mol. The second kappa shape index (κ2) is 7.05. The molecule has 0 radical (unpaired) electrons. The molecule has 5 nitrogen and oxygen atoms in total. The number of nitrogens with zero attached hydrogens (tertiary/aromatic N) is 1. The molecule has 0 bridgehead atoms. The van der Waals surface area contributed by atoms with E-state index in [1.807, 2.05) is 19.1 Å². The smallest absolute Gasteiger partial charge is 0.335 e. The maximum atomic E-state index is 10.9. The van der Waals surface area contributed by atoms with Gasteiger partial charge in [-0.15, -0.1) is 0 Å². The number of fused-ring (bicyclic) bond motifs is 1. The van der Waals surface area contributed by atoms with Crippen LogP contribution in [0.1, 0.15) is 22.8 Å². The Labute approximate surface area is 145 Å². The second-order valence-electron chi connectivity index (χ2n) is 5.87. The number of aromatic nitrogens is 1. The lowest BCUT2D eigenvalue weighted by Gasteiger charge is -2.08. The van der Waals surface area contributed by atoms with E-state index in [9.17, 15) is 9.90 Å². The molecule has 0 amide bonds. The van der Waals surface area contributed by atoms with Crippen LogP contribution in [-0.2, 0) is 0 Å². The molecule has 2 aromatic carbocycles. The Morgan fingerprint density at radius 3 is 2.64 bits per heavy atom. The molecule has 3 N–H and O–H groups in total. The lowest BCUT2D eigenvalue weighted by atomic mass is 10.1. The number of carboxylic acid groups (broad SMARTS) is 1. The van der Waals surface area contributed by atoms with Crippen LogP contribution in [0.2, 0.25) is 0 Å². The number of phenols is 1. The van der Waals surface area contributed by atoms with Crippen LogP contribution in [0, 0.1) is 0 Å². The van der Waals surface area contributed by atoms with Gasteiger partial charge < -0.3 is 15.5 Å². The fourth-order valence-corrected chi connectivity index (χ4v) is 2.51. The largest absolute Gasteiger partial charge is 0.508 e. The zero-order valence-electron chi connectivity index (χ0n) is 13.7. The van der Waals surface area contributed by atoms with Crippen LogP contribution in [-0.4, -0.2) is 27.7 Å². The van der Waals surface area contributed by atoms with Crippen molar-refractivity contribution in [1.82, 2.24) is 4.98 Å². The molecule has 1 aromatic heterocycles. The molecule has 0 aliphatic heterocycles. The van der Waals surface area contributed by atoms with E-state index in [-0.39, 0.29) is 11.3 Å². The van der Waals surface area contributed by atoms with Gasteiger partial charge in [-0.1, -0.05) is 23.8 Å². The predicted octanol–water partition coefficient (Wildman–Crippen LogP) is 4.15. The number of hydrogen-bond donors (Lipinski definition) is 3. The van der Waals surface area contributed by atoms with E-state index in [0.717, 1.165) is 27.7 Å². The number of carboxylic acids is 1. The minimum Gasteiger partial charge on any atom is -0.508 e. The maximum absolute atomic E-state index is 10.9. The topological polar surface area (TPSA) is 82.5 Å². The van der Waals surface area contributed by atoms with E-state index in [1.165, 1.54) is 0 Å². The van der Waals surface area contributed by atoms with E-state index in [0.29, 0.717) is 6.54 Å². The standard InChI is InChI=1S/C20H18N2O3/c1-13(8-14-2-4-15(5-3-14)20(24)25)11-21-17-9-16-10-18(23)6-7-19(16)22-12-17/h2-10,12,21,23H,11H2,1H3,(H,24,25)/b13-8+. The van der Waals surface area contributed by atoms with Crippen LogP contribution < -0.4 is 5.32 Å². The minimum absolute atomic E-state index is 0.215. The molecule has 0 aliphatic rings. The van der Waals surface area contributed by atoms with Crippen molar-refractivity contribution >= 4 is 28.6 Å². The lowest BCUT2D eigenvalue weighted by Crippen LogP contribution is -2.03. The summed E-state index contributed by atoms with van der Waals surface area (Å²) >= 11 is 0. The Morgan fingerprint density at radius 2 is 1.92 bits per heavy atom. The molecule has 0 aliphatic carbocycles. The quantitative estimate of drug-likeness (QED) is 0.653. The third kappa shape index (κ3) is 4.14. The second-order valence-corrected chi connectivity index (χ2v) is 5.87. The predicted molar refractivity (Wildman–Crippen MR) is 98.9 cm³/mol. The fraction of sp³-hybridized carbons (Fsp3) is 0.100. The molecule has 0 atom stereocenters. The summed E-state index contributed by atoms with van der Waals surface area (Å²) in [4.78, 5) is 15.2. The monoisotopic (exact) mass is 334 g/mol. The fourth-order valence-electron chi connectivity index (χ4n) is 2.51. The van der Waals surface area contributed by atoms with Gasteiger partial charge in [0.25, 0.3) is 0 Å². The summed E-state index contributed by atoms with van der Waals surface area (Å²) < 4.78 is 0. The van der Waals surface area contributed by atoms with Crippen LogP contribution in [0.15, 0.2) is 60.3 Å². The number of benzene rings is 2. The van der Waals surface area contributed by atoms with Gasteiger partial charge in [-0.3, -0.25) is 4.98 Å². The Hall–Kier alpha value is -3.34. The van der Waals surface area contributed by atoms with Crippen molar-refractivity contribution < 1.29 is 15.0 Å². The Kier molecular flexibility index (Phi) is 4.66. The lowest BCUT2D eigenvalue weighted by molar-refractivity contribution is 0.0697. The van der Waals surface area contributed by atoms with Crippen molar-refractivity contribution in [3.05, 3.63) is 71.4 Å². The molecular formula is C20H18N2O3. The highest BCUT2D eigenvalue weighted by atomic mass is 16.4. The summed E-state index contributed by atoms with van der Waals surface area (Å²) in [7, 11) is 0. The number of aromatic hydroxyl groups is 1. The van der Waals surface area contributed by atoms with Crippen LogP contribution in [0.3, 0.4) is 0 Å². The molecule has 0 unspecified atom stereocenters. The molecule has 3 rings (SSSR count). The van der Waals surface area contributed by atoms with Gasteiger partial charge in [0.1, 0.15) is 5.75 Å². The van der Waals surface area contributed by atoms with Gasteiger partial charge in [-0.05, 0) is 48.9 Å². The third-order valence-electron chi connectivity index (χ3n) is 3.81. The number of anilines is 1. The van der Waals surface area contributed by atoms with Gasteiger partial charge >= 0.3 is 5.97 Å². The van der Waals surface area contributed by atoms with Crippen molar-refractivity contribution in [2.75, 3.05) is 11.9 Å². The minimum atomic E-state index is -0.927. The first kappa shape index (κ1) is 16.5. The molecule has 25 heavy (non-hydrogen) atoms. The summed E-state index contributed by atoms with van der Waals surface area (Å²) in [5.74, 6) is -0.712. The van der Waals surface area contributed by atoms with E-state index < -0.39 is 5.97 Å². The highest BCUT2D eigenvalue weighted by Gasteiger charge is 2.02. The Morgan fingerprint density at radius 1 is 1.16 bits per heavy atom. The van der Waals surface area contributed by atoms with Crippen molar-refractivity contribution in [3.8, 4) is 5.75 Å². The zero-order chi connectivity index (χ0) is 17.8. The maximum Gasteiger partial charge on any atom is 0.335 e. The van der Waals surface area contributed by atoms with Crippen LogP contribution in [0.25, 0.3) is 17.0 Å². The Bertz CT molecular complexity index is 947. The summed E-state index contributed by atoms with van der Waals surface area (Å²) in [6.45, 7) is 2.63. The molecule has 3 aromatic rings. The number of pyridine rings is 1. The van der Waals surface area contributed by atoms with Crippen molar-refractivity contribution in [1.29, 1.82) is 0 Å². The molecule has 0 spiro atoms. The van der Waals surface area contributed by atoms with Crippen molar-refractivity contribution in [2.45, 2.75) is 6.92 Å². The van der Waals surface area contributed by atoms with E-state index in [1.54, 1.807) is 48.7 Å². The van der Waals surface area contributed by atoms with Crippen LogP contribution in [0.5, 0.6) is 5.75 Å². The van der Waals surface area contributed by atoms with Crippen LogP contribution in [0.4, 0.5) is 5.69 Å². The number of aromatic carboxylic acids is 1. The highest BCUT2D eigenvalue weighted by molar-refractivity contribution is 5.87. The van der Waals surface area contributed by atoms with Gasteiger partial charge in [-0.25, -0.2) is 4.79 Å². The SMILES string of the molecule is C/C(=C\c1ccc(C(=O)O)cc1)CNc1cnc2ccc(O)cc2c1. The van der Waals surface area contributed by atoms with Crippen LogP contribution >= 0.6 is 0 Å². The molecule has 126 valence electrons. The molecule has 0 fully saturated rings. The average Bonchev–Trinajstić information content (AvgIpc) is 2.60. The first-order chi connectivity index (χ1) is 12.0. The first-order valence-corrected chi connectivity index (χ1v) is 7.84. The number of nitrogens with one attached hydrogen (secondary N) is 1. The van der Waals surface area contributed by atoms with E-state index >= 15 is 0 Å². The number of hydrogen-bond acceptors (Lipinski definition) is 4. The first-order valence-electron chi connectivity index (χ1n) is 7.84. The zero-order valence-corrected chi connectivity index (χ0v) is 13.7. The average molecular weight is 334 g/mol. The third-order valence-corrected chi connectivity index (χ3v) is 3.81. The van der Waals surface area contributed by atoms with E-state index in [4.69, 9.17) is 5.11 Å². The summed E-state index contributed by atoms with van der Waals surface area (Å²) in [5, 5.41) is 22.6. The van der Waals surface area contributed by atoms with Gasteiger partial charge in [0.15, 0.2) is 0 Å². The van der Waals surface area contributed by atoms with E-state index in [2.05, 4.69) is 10.3 Å². The van der Waals surface area contributed by atoms with Gasteiger partial charge in [0.05, 0.1) is 23.0 Å². The Balaban J connectivity index is 1.68. The summed E-state index contributed by atoms with van der Waals surface area (Å²) in [6.07, 6.45) is 3.76. The molecule has 1 heterocycles. The highest BCUT2D eigenvalue weighted by Crippen LogP contribution is 2.21. The van der Waals surface area contributed by atoms with Gasteiger partial charge in [0, 0.05) is 11.9 Å². The number of phenolic OH excluding ortho intramolecular Hbond substituents is 1. The van der Waals surface area contributed by atoms with Crippen molar-refractivity contribution in [2.24, 2.45) is 0 Å².